The molecule has 0 spiro atoms. The number of carbonyl (C=O) groups excluding carboxylic acids is 2. The van der Waals surface area contributed by atoms with E-state index in [4.69, 9.17) is 37.4 Å². The molecular weight excluding hydrogens is 507 g/mol. The van der Waals surface area contributed by atoms with Gasteiger partial charge in [-0.2, -0.15) is 4.31 Å². The number of carbonyl (C=O) groups is 2. The van der Waals surface area contributed by atoms with Crippen LogP contribution in [0.15, 0.2) is 47.4 Å². The standard InChI is InChI=1S/C22H24Cl2N2O7S/c23-16-3-8-20(19(24)14-16)32-11-1-2-22(28)33-15-21(27)25-17-4-6-18(7-5-17)34(29,30)26-9-12-31-13-10-26/h3-8,14H,1-2,9-13,15H2,(H,25,27). The number of esters is 1. The van der Waals surface area contributed by atoms with E-state index in [1.807, 2.05) is 0 Å². The maximum atomic E-state index is 12.6. The molecule has 184 valence electrons. The first kappa shape index (κ1) is 26.2. The lowest BCUT2D eigenvalue weighted by Gasteiger charge is -2.26. The van der Waals surface area contributed by atoms with Crippen LogP contribution in [0.3, 0.4) is 0 Å². The molecule has 12 heteroatoms. The summed E-state index contributed by atoms with van der Waals surface area (Å²) in [6.45, 7) is 1.09. The monoisotopic (exact) mass is 530 g/mol. The van der Waals surface area contributed by atoms with Crippen molar-refractivity contribution in [3.05, 3.63) is 52.5 Å². The molecule has 1 saturated heterocycles. The number of benzene rings is 2. The third kappa shape index (κ3) is 7.57. The Morgan fingerprint density at radius 2 is 1.76 bits per heavy atom. The Hall–Kier alpha value is -2.37. The zero-order valence-electron chi connectivity index (χ0n) is 18.2. The number of hydrogen-bond acceptors (Lipinski definition) is 7. The van der Waals surface area contributed by atoms with Crippen LogP contribution in [0.5, 0.6) is 5.75 Å². The van der Waals surface area contributed by atoms with E-state index in [1.54, 1.807) is 18.2 Å². The number of sulfonamides is 1. The lowest BCUT2D eigenvalue weighted by atomic mass is 10.3. The number of halogens is 2. The van der Waals surface area contributed by atoms with E-state index in [0.717, 1.165) is 0 Å². The predicted molar refractivity (Wildman–Crippen MR) is 127 cm³/mol. The molecule has 0 saturated carbocycles. The summed E-state index contributed by atoms with van der Waals surface area (Å²) in [6, 6.07) is 10.6. The summed E-state index contributed by atoms with van der Waals surface area (Å²) in [5.41, 5.74) is 0.384. The molecule has 1 aliphatic heterocycles. The normalized spacial score (nSPS) is 14.4. The van der Waals surface area contributed by atoms with Gasteiger partial charge in [-0.15, -0.1) is 0 Å². The number of nitrogens with zero attached hydrogens (tertiary/aromatic N) is 1. The van der Waals surface area contributed by atoms with Gasteiger partial charge in [0.1, 0.15) is 5.75 Å². The van der Waals surface area contributed by atoms with Gasteiger partial charge in [-0.1, -0.05) is 23.2 Å². The Balaban J connectivity index is 1.37. The predicted octanol–water partition coefficient (Wildman–Crippen LogP) is 3.36. The molecule has 1 aliphatic rings. The van der Waals surface area contributed by atoms with Crippen molar-refractivity contribution in [2.24, 2.45) is 0 Å². The van der Waals surface area contributed by atoms with Gasteiger partial charge in [0.15, 0.2) is 6.61 Å². The maximum Gasteiger partial charge on any atom is 0.306 e. The van der Waals surface area contributed by atoms with Crippen molar-refractivity contribution >= 4 is 50.8 Å². The first-order valence-electron chi connectivity index (χ1n) is 10.5. The van der Waals surface area contributed by atoms with Crippen molar-refractivity contribution in [3.8, 4) is 5.75 Å². The number of nitrogens with one attached hydrogen (secondary N) is 1. The number of amides is 1. The molecule has 0 bridgehead atoms. The number of ether oxygens (including phenoxy) is 3. The van der Waals surface area contributed by atoms with Gasteiger partial charge in [0.25, 0.3) is 5.91 Å². The van der Waals surface area contributed by atoms with Crippen molar-refractivity contribution < 1.29 is 32.2 Å². The number of morpholine rings is 1. The van der Waals surface area contributed by atoms with Gasteiger partial charge >= 0.3 is 5.97 Å². The van der Waals surface area contributed by atoms with Crippen molar-refractivity contribution in [2.45, 2.75) is 17.7 Å². The van der Waals surface area contributed by atoms with E-state index in [2.05, 4.69) is 5.32 Å². The van der Waals surface area contributed by atoms with E-state index < -0.39 is 28.5 Å². The molecule has 34 heavy (non-hydrogen) atoms. The second-order valence-electron chi connectivity index (χ2n) is 7.28. The van der Waals surface area contributed by atoms with Crippen LogP contribution in [0.2, 0.25) is 10.0 Å². The highest BCUT2D eigenvalue weighted by Crippen LogP contribution is 2.27. The Bertz CT molecular complexity index is 1100. The summed E-state index contributed by atoms with van der Waals surface area (Å²) in [4.78, 5) is 24.0. The highest BCUT2D eigenvalue weighted by molar-refractivity contribution is 7.89. The van der Waals surface area contributed by atoms with Crippen LogP contribution in [0.4, 0.5) is 5.69 Å². The van der Waals surface area contributed by atoms with Crippen molar-refractivity contribution in [1.29, 1.82) is 0 Å². The fraction of sp³-hybridized carbons (Fsp3) is 0.364. The highest BCUT2D eigenvalue weighted by Gasteiger charge is 2.26. The minimum atomic E-state index is -3.61. The Morgan fingerprint density at radius 1 is 1.06 bits per heavy atom. The minimum absolute atomic E-state index is 0.0621. The highest BCUT2D eigenvalue weighted by atomic mass is 35.5. The molecule has 9 nitrogen and oxygen atoms in total. The third-order valence-corrected chi connectivity index (χ3v) is 7.23. The van der Waals surface area contributed by atoms with Crippen molar-refractivity contribution in [1.82, 2.24) is 4.31 Å². The second-order valence-corrected chi connectivity index (χ2v) is 10.1. The van der Waals surface area contributed by atoms with Crippen LogP contribution >= 0.6 is 23.2 Å². The summed E-state index contributed by atoms with van der Waals surface area (Å²) in [5.74, 6) is -0.628. The van der Waals surface area contributed by atoms with Crippen molar-refractivity contribution in [3.63, 3.8) is 0 Å². The first-order valence-corrected chi connectivity index (χ1v) is 12.7. The van der Waals surface area contributed by atoms with E-state index in [1.165, 1.54) is 28.6 Å². The lowest BCUT2D eigenvalue weighted by Crippen LogP contribution is -2.40. The molecule has 0 aliphatic carbocycles. The fourth-order valence-corrected chi connectivity index (χ4v) is 4.92. The molecule has 0 unspecified atom stereocenters. The van der Waals surface area contributed by atoms with Gasteiger partial charge in [-0.3, -0.25) is 9.59 Å². The molecule has 1 fully saturated rings. The topological polar surface area (TPSA) is 111 Å². The van der Waals surface area contributed by atoms with E-state index in [9.17, 15) is 18.0 Å². The van der Waals surface area contributed by atoms with Crippen LogP contribution in [-0.2, 0) is 29.1 Å². The molecule has 0 aromatic heterocycles. The molecule has 1 N–H and O–H groups in total. The summed E-state index contributed by atoms with van der Waals surface area (Å²) in [6.07, 6.45) is 0.436. The van der Waals surface area contributed by atoms with E-state index in [0.29, 0.717) is 54.2 Å². The van der Waals surface area contributed by atoms with Crippen LogP contribution in [0, 0.1) is 0 Å². The molecule has 3 rings (SSSR count). The van der Waals surface area contributed by atoms with Gasteiger partial charge < -0.3 is 19.5 Å². The lowest BCUT2D eigenvalue weighted by molar-refractivity contribution is -0.147. The fourth-order valence-electron chi connectivity index (χ4n) is 3.05. The quantitative estimate of drug-likeness (QED) is 0.370. The molecule has 1 amide bonds. The van der Waals surface area contributed by atoms with Crippen molar-refractivity contribution in [2.75, 3.05) is 44.8 Å². The molecule has 2 aromatic rings. The molecule has 0 atom stereocenters. The zero-order chi connectivity index (χ0) is 24.6. The van der Waals surface area contributed by atoms with Crippen LogP contribution in [0.25, 0.3) is 0 Å². The Labute approximate surface area is 207 Å². The van der Waals surface area contributed by atoms with Crippen LogP contribution in [0.1, 0.15) is 12.8 Å². The SMILES string of the molecule is O=C(COC(=O)CCCOc1ccc(Cl)cc1Cl)Nc1ccc(S(=O)(=O)N2CCOCC2)cc1. The average Bonchev–Trinajstić information content (AvgIpc) is 2.82. The Morgan fingerprint density at radius 3 is 2.44 bits per heavy atom. The van der Waals surface area contributed by atoms with Gasteiger partial charge in [-0.25, -0.2) is 8.42 Å². The number of anilines is 1. The minimum Gasteiger partial charge on any atom is -0.492 e. The number of hydrogen-bond donors (Lipinski definition) is 1. The van der Waals surface area contributed by atoms with Gasteiger partial charge in [0.05, 0.1) is 29.7 Å². The van der Waals surface area contributed by atoms with Crippen LogP contribution < -0.4 is 10.1 Å². The summed E-state index contributed by atoms with van der Waals surface area (Å²) < 4.78 is 42.2. The summed E-state index contributed by atoms with van der Waals surface area (Å²) in [5, 5.41) is 3.43. The summed E-state index contributed by atoms with van der Waals surface area (Å²) in [7, 11) is -3.61. The van der Waals surface area contributed by atoms with Gasteiger partial charge in [0, 0.05) is 30.2 Å². The molecule has 1 heterocycles. The maximum absolute atomic E-state index is 12.6. The second kappa shape index (κ2) is 12.4. The van der Waals surface area contributed by atoms with Gasteiger partial charge in [-0.05, 0) is 48.9 Å². The van der Waals surface area contributed by atoms with Crippen LogP contribution in [-0.4, -0.2) is 64.1 Å². The van der Waals surface area contributed by atoms with Gasteiger partial charge in [0.2, 0.25) is 10.0 Å². The molecule has 0 radical (unpaired) electrons. The Kier molecular flexibility index (Phi) is 9.54. The smallest absolute Gasteiger partial charge is 0.306 e. The van der Waals surface area contributed by atoms with E-state index >= 15 is 0 Å². The molecule has 2 aromatic carbocycles. The molecular formula is C22H24Cl2N2O7S. The van der Waals surface area contributed by atoms with E-state index in [-0.39, 0.29) is 17.9 Å². The summed E-state index contributed by atoms with van der Waals surface area (Å²) >= 11 is 11.8. The first-order chi connectivity index (χ1) is 16.3. The zero-order valence-corrected chi connectivity index (χ0v) is 20.5. The average molecular weight is 531 g/mol. The largest absolute Gasteiger partial charge is 0.492 e. The third-order valence-electron chi connectivity index (χ3n) is 4.79. The number of rotatable bonds is 10.